The van der Waals surface area contributed by atoms with Crippen molar-refractivity contribution in [3.63, 3.8) is 0 Å². The molecule has 1 aromatic heterocycles. The molecule has 0 aliphatic rings. The molecule has 11 heteroatoms. The SMILES string of the molecule is CCS(=O)(=O)CCNC(=O)c1cc(S(N)(=O)=O)c(Br)o1. The summed E-state index contributed by atoms with van der Waals surface area (Å²) in [6.45, 7) is 1.40. The van der Waals surface area contributed by atoms with Gasteiger partial charge in [-0.05, 0) is 15.9 Å². The topological polar surface area (TPSA) is 137 Å². The molecule has 3 N–H and O–H groups in total. The molecule has 0 spiro atoms. The minimum atomic E-state index is -4.01. The fraction of sp³-hybridized carbons (Fsp3) is 0.444. The number of carbonyl (C=O) groups excluding carboxylic acids is 1. The number of halogens is 1. The molecule has 0 bridgehead atoms. The van der Waals surface area contributed by atoms with Crippen molar-refractivity contribution >= 4 is 41.7 Å². The zero-order valence-electron chi connectivity index (χ0n) is 10.4. The van der Waals surface area contributed by atoms with Gasteiger partial charge in [0.2, 0.25) is 10.0 Å². The van der Waals surface area contributed by atoms with Crippen molar-refractivity contribution in [3.05, 3.63) is 16.5 Å². The predicted molar refractivity (Wildman–Crippen MR) is 74.4 cm³/mol. The van der Waals surface area contributed by atoms with E-state index in [1.54, 1.807) is 0 Å². The van der Waals surface area contributed by atoms with Crippen LogP contribution < -0.4 is 10.5 Å². The van der Waals surface area contributed by atoms with Gasteiger partial charge in [-0.3, -0.25) is 4.79 Å². The molecule has 0 aliphatic carbocycles. The summed E-state index contributed by atoms with van der Waals surface area (Å²) >= 11 is 2.83. The number of primary sulfonamides is 1. The van der Waals surface area contributed by atoms with Crippen molar-refractivity contribution in [2.45, 2.75) is 11.8 Å². The van der Waals surface area contributed by atoms with E-state index < -0.39 is 25.8 Å². The van der Waals surface area contributed by atoms with E-state index in [2.05, 4.69) is 21.2 Å². The number of carbonyl (C=O) groups is 1. The van der Waals surface area contributed by atoms with Gasteiger partial charge in [0.15, 0.2) is 20.3 Å². The van der Waals surface area contributed by atoms with E-state index in [1.807, 2.05) is 0 Å². The summed E-state index contributed by atoms with van der Waals surface area (Å²) in [5.41, 5.74) is 0. The Morgan fingerprint density at radius 1 is 1.40 bits per heavy atom. The number of nitrogens with two attached hydrogens (primary N) is 1. The van der Waals surface area contributed by atoms with Crippen LogP contribution in [0.3, 0.4) is 0 Å². The van der Waals surface area contributed by atoms with Crippen LogP contribution in [0.5, 0.6) is 0 Å². The first-order chi connectivity index (χ1) is 9.07. The minimum absolute atomic E-state index is 0.0231. The molecule has 0 radical (unpaired) electrons. The molecule has 0 unspecified atom stereocenters. The van der Waals surface area contributed by atoms with Crippen LogP contribution in [0.25, 0.3) is 0 Å². The van der Waals surface area contributed by atoms with E-state index in [0.29, 0.717) is 0 Å². The number of amides is 1. The van der Waals surface area contributed by atoms with Crippen molar-refractivity contribution in [1.82, 2.24) is 5.32 Å². The van der Waals surface area contributed by atoms with Crippen LogP contribution in [0.4, 0.5) is 0 Å². The first-order valence-electron chi connectivity index (χ1n) is 5.37. The Kier molecular flexibility index (Phi) is 5.35. The van der Waals surface area contributed by atoms with Gasteiger partial charge in [0.1, 0.15) is 4.90 Å². The smallest absolute Gasteiger partial charge is 0.287 e. The molecule has 1 aromatic rings. The molecule has 8 nitrogen and oxygen atoms in total. The highest BCUT2D eigenvalue weighted by Crippen LogP contribution is 2.24. The van der Waals surface area contributed by atoms with E-state index in [0.717, 1.165) is 6.07 Å². The lowest BCUT2D eigenvalue weighted by Crippen LogP contribution is -2.29. The lowest BCUT2D eigenvalue weighted by Gasteiger charge is -2.02. The van der Waals surface area contributed by atoms with Gasteiger partial charge in [-0.1, -0.05) is 6.92 Å². The third-order valence-corrected chi connectivity index (χ3v) is 5.80. The van der Waals surface area contributed by atoms with Gasteiger partial charge >= 0.3 is 0 Å². The van der Waals surface area contributed by atoms with Crippen molar-refractivity contribution in [2.75, 3.05) is 18.1 Å². The normalized spacial score (nSPS) is 12.3. The third-order valence-electron chi connectivity index (χ3n) is 2.32. The first kappa shape index (κ1) is 17.1. The second kappa shape index (κ2) is 6.24. The van der Waals surface area contributed by atoms with E-state index in [4.69, 9.17) is 9.56 Å². The largest absolute Gasteiger partial charge is 0.443 e. The number of sulfonamides is 1. The Balaban J connectivity index is 2.75. The number of furan rings is 1. The number of rotatable bonds is 6. The molecular weight excluding hydrogens is 376 g/mol. The van der Waals surface area contributed by atoms with Crippen LogP contribution in [-0.4, -0.2) is 40.8 Å². The van der Waals surface area contributed by atoms with Crippen LogP contribution in [0.15, 0.2) is 20.0 Å². The summed E-state index contributed by atoms with van der Waals surface area (Å²) in [6.07, 6.45) is 0. The minimum Gasteiger partial charge on any atom is -0.443 e. The molecule has 0 aliphatic heterocycles. The molecule has 0 atom stereocenters. The standard InChI is InChI=1S/C9H13BrN2O6S2/c1-2-19(14,15)4-3-12-9(13)6-5-7(8(10)18-6)20(11,16)17/h5H,2-4H2,1H3,(H,12,13)(H2,11,16,17). The maximum absolute atomic E-state index is 11.7. The van der Waals surface area contributed by atoms with Crippen molar-refractivity contribution < 1.29 is 26.0 Å². The quantitative estimate of drug-likeness (QED) is 0.695. The van der Waals surface area contributed by atoms with E-state index in [9.17, 15) is 21.6 Å². The fourth-order valence-electron chi connectivity index (χ4n) is 1.21. The maximum Gasteiger partial charge on any atom is 0.287 e. The average Bonchev–Trinajstić information content (AvgIpc) is 2.71. The molecule has 1 rings (SSSR count). The van der Waals surface area contributed by atoms with E-state index in [-0.39, 0.29) is 33.4 Å². The lowest BCUT2D eigenvalue weighted by atomic mass is 10.4. The molecule has 1 amide bonds. The predicted octanol–water partition coefficient (Wildman–Crippen LogP) is -0.146. The molecule has 0 saturated heterocycles. The molecule has 20 heavy (non-hydrogen) atoms. The monoisotopic (exact) mass is 388 g/mol. The van der Waals surface area contributed by atoms with Gasteiger partial charge < -0.3 is 9.73 Å². The Labute approximate surface area is 124 Å². The summed E-state index contributed by atoms with van der Waals surface area (Å²) in [7, 11) is -7.20. The zero-order chi connectivity index (χ0) is 15.6. The van der Waals surface area contributed by atoms with Gasteiger partial charge in [-0.15, -0.1) is 0 Å². The summed E-state index contributed by atoms with van der Waals surface area (Å²) in [5, 5.41) is 7.23. The Bertz CT molecular complexity index is 707. The highest BCUT2D eigenvalue weighted by molar-refractivity contribution is 9.10. The molecule has 0 saturated carbocycles. The van der Waals surface area contributed by atoms with Gasteiger partial charge in [-0.25, -0.2) is 22.0 Å². The van der Waals surface area contributed by atoms with Gasteiger partial charge in [-0.2, -0.15) is 0 Å². The van der Waals surface area contributed by atoms with Crippen molar-refractivity contribution in [2.24, 2.45) is 5.14 Å². The summed E-state index contributed by atoms with van der Waals surface area (Å²) in [5.74, 6) is -1.24. The van der Waals surface area contributed by atoms with Crippen LogP contribution in [0.2, 0.25) is 0 Å². The molecule has 0 fully saturated rings. The van der Waals surface area contributed by atoms with Gasteiger partial charge in [0, 0.05) is 18.4 Å². The van der Waals surface area contributed by atoms with Gasteiger partial charge in [0.25, 0.3) is 5.91 Å². The molecule has 0 aromatic carbocycles. The Hall–Kier alpha value is -0.910. The second-order valence-corrected chi connectivity index (χ2v) is 8.51. The summed E-state index contributed by atoms with van der Waals surface area (Å²) in [6, 6.07) is 0.961. The highest BCUT2D eigenvalue weighted by atomic mass is 79.9. The van der Waals surface area contributed by atoms with Crippen molar-refractivity contribution in [1.29, 1.82) is 0 Å². The van der Waals surface area contributed by atoms with E-state index >= 15 is 0 Å². The molecule has 114 valence electrons. The number of hydrogen-bond acceptors (Lipinski definition) is 6. The van der Waals surface area contributed by atoms with Crippen LogP contribution in [0.1, 0.15) is 17.5 Å². The average molecular weight is 389 g/mol. The summed E-state index contributed by atoms with van der Waals surface area (Å²) < 4.78 is 49.5. The van der Waals surface area contributed by atoms with Crippen LogP contribution >= 0.6 is 15.9 Å². The van der Waals surface area contributed by atoms with Gasteiger partial charge in [0.05, 0.1) is 5.75 Å². The zero-order valence-corrected chi connectivity index (χ0v) is 13.6. The first-order valence-corrected chi connectivity index (χ1v) is 9.53. The second-order valence-electron chi connectivity index (χ2n) is 3.79. The lowest BCUT2D eigenvalue weighted by molar-refractivity contribution is 0.0927. The highest BCUT2D eigenvalue weighted by Gasteiger charge is 2.22. The third kappa shape index (κ3) is 4.58. The molecule has 1 heterocycles. The molecular formula is C9H13BrN2O6S2. The Morgan fingerprint density at radius 3 is 2.45 bits per heavy atom. The van der Waals surface area contributed by atoms with Crippen LogP contribution in [-0.2, 0) is 19.9 Å². The summed E-state index contributed by atoms with van der Waals surface area (Å²) in [4.78, 5) is 11.3. The number of hydrogen-bond donors (Lipinski definition) is 2. The number of nitrogens with one attached hydrogen (secondary N) is 1. The van der Waals surface area contributed by atoms with Crippen molar-refractivity contribution in [3.8, 4) is 0 Å². The van der Waals surface area contributed by atoms with E-state index in [1.165, 1.54) is 6.92 Å². The Morgan fingerprint density at radius 2 is 2.00 bits per heavy atom. The maximum atomic E-state index is 11.7. The fourth-order valence-corrected chi connectivity index (χ4v) is 3.41. The number of sulfone groups is 1. The van der Waals surface area contributed by atoms with Crippen LogP contribution in [0, 0.1) is 0 Å².